The molecule has 0 bridgehead atoms. The monoisotopic (exact) mass is 317 g/mol. The van der Waals surface area contributed by atoms with Crippen LogP contribution in [0.15, 0.2) is 24.3 Å². The number of benzene rings is 2. The molecule has 1 heterocycles. The Bertz CT molecular complexity index is 755. The highest BCUT2D eigenvalue weighted by Crippen LogP contribution is 2.46. The summed E-state index contributed by atoms with van der Waals surface area (Å²) in [5.74, 6) is -0.545. The summed E-state index contributed by atoms with van der Waals surface area (Å²) in [4.78, 5) is 0. The molecule has 0 fully saturated rings. The predicted octanol–water partition coefficient (Wildman–Crippen LogP) is 2.12. The van der Waals surface area contributed by atoms with Crippen molar-refractivity contribution in [1.29, 1.82) is 0 Å². The van der Waals surface area contributed by atoms with E-state index in [2.05, 4.69) is 0 Å². The van der Waals surface area contributed by atoms with Crippen molar-refractivity contribution in [2.45, 2.75) is 25.6 Å². The molecule has 1 unspecified atom stereocenters. The summed E-state index contributed by atoms with van der Waals surface area (Å²) < 4.78 is 5.81. The minimum absolute atomic E-state index is 0.118. The van der Waals surface area contributed by atoms with Crippen LogP contribution < -0.4 is 4.74 Å². The number of ether oxygens (including phenoxy) is 1. The van der Waals surface area contributed by atoms with E-state index in [4.69, 9.17) is 4.74 Å². The van der Waals surface area contributed by atoms with Gasteiger partial charge in [0.15, 0.2) is 11.5 Å². The lowest BCUT2D eigenvalue weighted by Crippen LogP contribution is -2.30. The molecule has 0 spiro atoms. The van der Waals surface area contributed by atoms with E-state index in [0.29, 0.717) is 22.4 Å². The summed E-state index contributed by atoms with van der Waals surface area (Å²) in [6.45, 7) is 1.72. The molecule has 0 saturated carbocycles. The number of aromatic hydroxyl groups is 4. The molecule has 0 amide bonds. The van der Waals surface area contributed by atoms with Gasteiger partial charge >= 0.3 is 0 Å². The molecular formula is C17H17O6. The smallest absolute Gasteiger partial charge is 0.157 e. The molecule has 6 nitrogen and oxygen atoms in total. The molecule has 121 valence electrons. The average Bonchev–Trinajstić information content (AvgIpc) is 2.51. The molecule has 0 aromatic heterocycles. The summed E-state index contributed by atoms with van der Waals surface area (Å²) >= 11 is 0. The first-order valence-corrected chi connectivity index (χ1v) is 7.16. The summed E-state index contributed by atoms with van der Waals surface area (Å²) in [6.07, 6.45) is 0.0334. The predicted molar refractivity (Wildman–Crippen MR) is 81.7 cm³/mol. The Morgan fingerprint density at radius 1 is 1.00 bits per heavy atom. The Morgan fingerprint density at radius 2 is 1.74 bits per heavy atom. The fraction of sp³-hybridized carbons (Fsp3) is 0.235. The van der Waals surface area contributed by atoms with Crippen molar-refractivity contribution in [3.63, 3.8) is 0 Å². The number of phenols is 4. The minimum atomic E-state index is -0.952. The van der Waals surface area contributed by atoms with Crippen molar-refractivity contribution < 1.29 is 30.3 Å². The fourth-order valence-corrected chi connectivity index (χ4v) is 2.83. The van der Waals surface area contributed by atoms with E-state index < -0.39 is 12.2 Å². The van der Waals surface area contributed by atoms with E-state index in [-0.39, 0.29) is 29.4 Å². The molecule has 2 aromatic carbocycles. The van der Waals surface area contributed by atoms with Gasteiger partial charge in [0.05, 0.1) is 6.10 Å². The van der Waals surface area contributed by atoms with Crippen LogP contribution in [0.5, 0.6) is 28.7 Å². The van der Waals surface area contributed by atoms with Gasteiger partial charge in [-0.3, -0.25) is 0 Å². The molecule has 3 rings (SSSR count). The maximum absolute atomic E-state index is 10.3. The summed E-state index contributed by atoms with van der Waals surface area (Å²) in [7, 11) is 0. The van der Waals surface area contributed by atoms with Crippen LogP contribution in [-0.2, 0) is 6.42 Å². The van der Waals surface area contributed by atoms with Crippen molar-refractivity contribution in [3.05, 3.63) is 47.4 Å². The first-order chi connectivity index (χ1) is 10.9. The van der Waals surface area contributed by atoms with Crippen LogP contribution in [-0.4, -0.2) is 31.6 Å². The zero-order chi connectivity index (χ0) is 16.7. The third-order valence-electron chi connectivity index (χ3n) is 4.00. The van der Waals surface area contributed by atoms with Crippen LogP contribution in [0.25, 0.3) is 0 Å². The van der Waals surface area contributed by atoms with E-state index in [1.165, 1.54) is 24.3 Å². The molecule has 1 aliphatic heterocycles. The Hall–Kier alpha value is -2.60. The first-order valence-electron chi connectivity index (χ1n) is 7.16. The van der Waals surface area contributed by atoms with Crippen LogP contribution >= 0.6 is 0 Å². The van der Waals surface area contributed by atoms with Crippen LogP contribution in [0.2, 0.25) is 0 Å². The summed E-state index contributed by atoms with van der Waals surface area (Å²) in [5, 5.41) is 49.3. The molecule has 0 aliphatic carbocycles. The molecule has 2 atom stereocenters. The minimum Gasteiger partial charge on any atom is -0.507 e. The normalized spacial score (nSPS) is 19.9. The largest absolute Gasteiger partial charge is 0.507 e. The van der Waals surface area contributed by atoms with Crippen LogP contribution in [0.3, 0.4) is 0 Å². The number of fused-ring (bicyclic) bond motifs is 1. The number of hydrogen-bond donors (Lipinski definition) is 5. The fourth-order valence-electron chi connectivity index (χ4n) is 2.83. The van der Waals surface area contributed by atoms with Gasteiger partial charge in [-0.05, 0) is 24.1 Å². The standard InChI is InChI=1S/C17H17O6/c1-2-9-12(19)7-13(20)10-6-15(22)16(23-17(9)10)8-3-4-11(18)14(21)5-8/h2-5,7,15-16,18-22H,6H2,1H3/t15-,16?/m0/s1. The van der Waals surface area contributed by atoms with Crippen LogP contribution in [0.1, 0.15) is 29.7 Å². The van der Waals surface area contributed by atoms with E-state index in [1.807, 2.05) is 0 Å². The van der Waals surface area contributed by atoms with Crippen molar-refractivity contribution in [3.8, 4) is 28.7 Å². The van der Waals surface area contributed by atoms with Gasteiger partial charge in [-0.25, -0.2) is 0 Å². The van der Waals surface area contributed by atoms with E-state index >= 15 is 0 Å². The molecule has 1 aliphatic rings. The average molecular weight is 317 g/mol. The number of aliphatic hydroxyl groups excluding tert-OH is 1. The lowest BCUT2D eigenvalue weighted by molar-refractivity contribution is 0.0193. The van der Waals surface area contributed by atoms with Crippen molar-refractivity contribution in [2.24, 2.45) is 0 Å². The highest BCUT2D eigenvalue weighted by Gasteiger charge is 2.34. The highest BCUT2D eigenvalue weighted by molar-refractivity contribution is 5.60. The molecule has 6 heteroatoms. The van der Waals surface area contributed by atoms with Gasteiger partial charge in [0.25, 0.3) is 0 Å². The quantitative estimate of drug-likeness (QED) is 0.543. The number of rotatable bonds is 2. The molecular weight excluding hydrogens is 300 g/mol. The molecule has 5 N–H and O–H groups in total. The lowest BCUT2D eigenvalue weighted by atomic mass is 9.91. The second-order valence-corrected chi connectivity index (χ2v) is 5.48. The van der Waals surface area contributed by atoms with Crippen molar-refractivity contribution >= 4 is 0 Å². The first kappa shape index (κ1) is 15.3. The molecule has 1 radical (unpaired) electrons. The maximum atomic E-state index is 10.3. The highest BCUT2D eigenvalue weighted by atomic mass is 16.5. The van der Waals surface area contributed by atoms with Gasteiger partial charge in [-0.15, -0.1) is 0 Å². The lowest BCUT2D eigenvalue weighted by Gasteiger charge is -2.32. The maximum Gasteiger partial charge on any atom is 0.157 e. The van der Waals surface area contributed by atoms with Crippen molar-refractivity contribution in [2.75, 3.05) is 0 Å². The zero-order valence-electron chi connectivity index (χ0n) is 12.4. The molecule has 23 heavy (non-hydrogen) atoms. The van der Waals surface area contributed by atoms with Gasteiger partial charge in [0.1, 0.15) is 23.4 Å². The van der Waals surface area contributed by atoms with Gasteiger partial charge < -0.3 is 30.3 Å². The van der Waals surface area contributed by atoms with Gasteiger partial charge in [-0.1, -0.05) is 13.0 Å². The number of hydrogen-bond acceptors (Lipinski definition) is 6. The SMILES string of the molecule is C[CH]c1c(O)cc(O)c2c1OC(c1ccc(O)c(O)c1)[C@@H](O)C2. The van der Waals surface area contributed by atoms with E-state index in [9.17, 15) is 25.5 Å². The van der Waals surface area contributed by atoms with Crippen LogP contribution in [0.4, 0.5) is 0 Å². The van der Waals surface area contributed by atoms with Gasteiger partial charge in [0.2, 0.25) is 0 Å². The zero-order valence-corrected chi connectivity index (χ0v) is 12.4. The third kappa shape index (κ3) is 2.51. The number of phenolic OH excluding ortho intramolecular Hbond substituents is 4. The Morgan fingerprint density at radius 3 is 2.39 bits per heavy atom. The molecule has 0 saturated heterocycles. The third-order valence-corrected chi connectivity index (χ3v) is 4.00. The summed E-state index contributed by atoms with van der Waals surface area (Å²) in [6, 6.07) is 5.37. The van der Waals surface area contributed by atoms with Gasteiger partial charge in [0, 0.05) is 23.6 Å². The van der Waals surface area contributed by atoms with Gasteiger partial charge in [-0.2, -0.15) is 0 Å². The Balaban J connectivity index is 2.07. The van der Waals surface area contributed by atoms with Crippen molar-refractivity contribution in [1.82, 2.24) is 0 Å². The second-order valence-electron chi connectivity index (χ2n) is 5.48. The Labute approximate surface area is 132 Å². The Kier molecular flexibility index (Phi) is 3.69. The number of aliphatic hydroxyl groups is 1. The summed E-state index contributed by atoms with van der Waals surface area (Å²) in [5.41, 5.74) is 1.32. The second kappa shape index (κ2) is 5.55. The van der Waals surface area contributed by atoms with E-state index in [0.717, 1.165) is 0 Å². The van der Waals surface area contributed by atoms with Crippen LogP contribution in [0, 0.1) is 6.42 Å². The topological polar surface area (TPSA) is 110 Å². The molecule has 2 aromatic rings. The van der Waals surface area contributed by atoms with E-state index in [1.54, 1.807) is 13.3 Å².